The lowest BCUT2D eigenvalue weighted by Crippen LogP contribution is -2.37. The maximum atomic E-state index is 12.8. The van der Waals surface area contributed by atoms with Gasteiger partial charge in [-0.25, -0.2) is 0 Å². The summed E-state index contributed by atoms with van der Waals surface area (Å²) in [6.07, 6.45) is 73.0. The SMILES string of the molecule is CC/C=C\C/C=C\C/C=C\C/C=C\C/C=C\C/C=C\C/C=C\C/C=C\CCCCCCCCC(=O)OC(COC(=O)CCCCCCCCCCCCCCCCCCCC)COP(=O)([O-])OCC[N+](C)(C)C. The molecule has 0 amide bonds. The molecule has 2 atom stereocenters. The van der Waals surface area contributed by atoms with E-state index < -0.39 is 26.5 Å². The fourth-order valence-corrected chi connectivity index (χ4v) is 8.58. The van der Waals surface area contributed by atoms with Crippen LogP contribution in [0.4, 0.5) is 0 Å². The van der Waals surface area contributed by atoms with Crippen LogP contribution in [0, 0.1) is 0 Å². The molecule has 0 aromatic rings. The van der Waals surface area contributed by atoms with Gasteiger partial charge in [-0.1, -0.05) is 246 Å². The van der Waals surface area contributed by atoms with Gasteiger partial charge in [0.25, 0.3) is 7.82 Å². The molecular formula is C63H110NO8P. The first-order valence-electron chi connectivity index (χ1n) is 29.4. The number of hydrogen-bond donors (Lipinski definition) is 0. The maximum Gasteiger partial charge on any atom is 0.306 e. The lowest BCUT2D eigenvalue weighted by Gasteiger charge is -2.28. The van der Waals surface area contributed by atoms with E-state index in [9.17, 15) is 19.0 Å². The number of phosphoric acid groups is 1. The first-order valence-corrected chi connectivity index (χ1v) is 30.9. The van der Waals surface area contributed by atoms with Gasteiger partial charge >= 0.3 is 11.9 Å². The first-order chi connectivity index (χ1) is 35.5. The standard InChI is InChI=1S/C63H110NO8P/c1-6-8-10-12-14-16-18-20-22-24-26-27-28-29-30-31-32-33-34-35-36-37-38-40-42-44-46-48-50-52-54-56-63(66)72-61(60-71-73(67,68)70-58-57-64(3,4)5)59-69-62(65)55-53-51-49-47-45-43-41-39-25-23-21-19-17-15-13-11-9-7-2/h8,10,14,16,20,22,26-27,29-30,32-33,35-36,38,40,61H,6-7,9,11-13,15,17-19,21,23-25,28,31,34,37,39,41-60H2,1-5H3/b10-8-,16-14-,22-20-,27-26-,30-29-,33-32-,36-35-,40-38-. The number of nitrogens with zero attached hydrogens (tertiary/aromatic N) is 1. The molecule has 0 heterocycles. The second-order valence-electron chi connectivity index (χ2n) is 20.6. The number of phosphoric ester groups is 1. The molecule has 420 valence electrons. The molecule has 73 heavy (non-hydrogen) atoms. The molecule has 9 nitrogen and oxygen atoms in total. The van der Waals surface area contributed by atoms with Crippen LogP contribution in [0.1, 0.15) is 239 Å². The van der Waals surface area contributed by atoms with Crippen LogP contribution in [-0.4, -0.2) is 70.0 Å². The molecular weight excluding hydrogens is 930 g/mol. The van der Waals surface area contributed by atoms with Crippen LogP contribution in [-0.2, 0) is 32.7 Å². The largest absolute Gasteiger partial charge is 0.756 e. The van der Waals surface area contributed by atoms with Crippen molar-refractivity contribution in [3.8, 4) is 0 Å². The minimum Gasteiger partial charge on any atom is -0.756 e. The van der Waals surface area contributed by atoms with Gasteiger partial charge in [0.2, 0.25) is 0 Å². The predicted octanol–water partition coefficient (Wildman–Crippen LogP) is 17.8. The Kier molecular flexibility index (Phi) is 51.5. The summed E-state index contributed by atoms with van der Waals surface area (Å²) in [7, 11) is 1.15. The van der Waals surface area contributed by atoms with Gasteiger partial charge in [-0.15, -0.1) is 0 Å². The summed E-state index contributed by atoms with van der Waals surface area (Å²) in [6.45, 7) is 4.12. The Morgan fingerprint density at radius 3 is 1.16 bits per heavy atom. The van der Waals surface area contributed by atoms with Crippen molar-refractivity contribution in [2.24, 2.45) is 0 Å². The van der Waals surface area contributed by atoms with E-state index in [1.54, 1.807) is 0 Å². The second-order valence-corrected chi connectivity index (χ2v) is 22.0. The molecule has 0 saturated heterocycles. The number of hydrogen-bond acceptors (Lipinski definition) is 8. The fourth-order valence-electron chi connectivity index (χ4n) is 7.85. The average molecular weight is 1040 g/mol. The molecule has 10 heteroatoms. The van der Waals surface area contributed by atoms with Gasteiger partial charge in [0.15, 0.2) is 6.10 Å². The molecule has 0 aliphatic rings. The van der Waals surface area contributed by atoms with Crippen LogP contribution in [0.3, 0.4) is 0 Å². The Morgan fingerprint density at radius 2 is 0.781 bits per heavy atom. The third-order valence-corrected chi connectivity index (χ3v) is 13.3. The van der Waals surface area contributed by atoms with E-state index in [1.165, 1.54) is 96.3 Å². The number of rotatable bonds is 53. The summed E-state index contributed by atoms with van der Waals surface area (Å²) >= 11 is 0. The lowest BCUT2D eigenvalue weighted by molar-refractivity contribution is -0.870. The summed E-state index contributed by atoms with van der Waals surface area (Å²) < 4.78 is 34.1. The smallest absolute Gasteiger partial charge is 0.306 e. The van der Waals surface area contributed by atoms with Gasteiger partial charge in [-0.05, 0) is 77.0 Å². The summed E-state index contributed by atoms with van der Waals surface area (Å²) in [6, 6.07) is 0. The Bertz CT molecular complexity index is 1550. The third-order valence-electron chi connectivity index (χ3n) is 12.4. The number of carbonyl (C=O) groups is 2. The van der Waals surface area contributed by atoms with Crippen molar-refractivity contribution >= 4 is 19.8 Å². The topological polar surface area (TPSA) is 111 Å². The quantitative estimate of drug-likeness (QED) is 0.0195. The number of allylic oxidation sites excluding steroid dienone is 16. The molecule has 0 aromatic heterocycles. The van der Waals surface area contributed by atoms with E-state index in [0.29, 0.717) is 17.4 Å². The van der Waals surface area contributed by atoms with Crippen molar-refractivity contribution in [3.63, 3.8) is 0 Å². The van der Waals surface area contributed by atoms with Gasteiger partial charge < -0.3 is 27.9 Å². The van der Waals surface area contributed by atoms with Crippen LogP contribution in [0.5, 0.6) is 0 Å². The number of unbranched alkanes of at least 4 members (excludes halogenated alkanes) is 23. The van der Waals surface area contributed by atoms with Crippen LogP contribution >= 0.6 is 7.82 Å². The Hall–Kier alpha value is -3.07. The minimum absolute atomic E-state index is 0.0374. The molecule has 0 N–H and O–H groups in total. The van der Waals surface area contributed by atoms with Crippen LogP contribution in [0.25, 0.3) is 0 Å². The molecule has 0 aliphatic heterocycles. The van der Waals surface area contributed by atoms with E-state index in [0.717, 1.165) is 109 Å². The van der Waals surface area contributed by atoms with E-state index in [4.69, 9.17) is 18.5 Å². The summed E-state index contributed by atoms with van der Waals surface area (Å²) in [5, 5.41) is 0. The van der Waals surface area contributed by atoms with Crippen LogP contribution < -0.4 is 4.89 Å². The van der Waals surface area contributed by atoms with Gasteiger partial charge in [0, 0.05) is 12.8 Å². The van der Waals surface area contributed by atoms with Crippen LogP contribution in [0.2, 0.25) is 0 Å². The van der Waals surface area contributed by atoms with Gasteiger partial charge in [0.1, 0.15) is 19.8 Å². The van der Waals surface area contributed by atoms with Crippen LogP contribution in [0.15, 0.2) is 97.2 Å². The van der Waals surface area contributed by atoms with Crippen molar-refractivity contribution in [1.82, 2.24) is 0 Å². The molecule has 0 rings (SSSR count). The first kappa shape index (κ1) is 69.9. The number of ether oxygens (including phenoxy) is 2. The summed E-state index contributed by atoms with van der Waals surface area (Å²) in [5.41, 5.74) is 0. The molecule has 0 bridgehead atoms. The van der Waals surface area contributed by atoms with Gasteiger partial charge in [-0.2, -0.15) is 0 Å². The van der Waals surface area contributed by atoms with Crippen molar-refractivity contribution in [2.75, 3.05) is 47.5 Å². The van der Waals surface area contributed by atoms with Crippen molar-refractivity contribution in [2.45, 2.75) is 245 Å². The van der Waals surface area contributed by atoms with Gasteiger partial charge in [0.05, 0.1) is 27.7 Å². The molecule has 0 radical (unpaired) electrons. The zero-order chi connectivity index (χ0) is 53.5. The fraction of sp³-hybridized carbons (Fsp3) is 0.714. The van der Waals surface area contributed by atoms with Gasteiger partial charge in [-0.3, -0.25) is 14.2 Å². The van der Waals surface area contributed by atoms with E-state index in [-0.39, 0.29) is 32.0 Å². The highest BCUT2D eigenvalue weighted by molar-refractivity contribution is 7.45. The molecule has 0 aliphatic carbocycles. The number of likely N-dealkylation sites (N-methyl/N-ethyl adjacent to an activating group) is 1. The number of carbonyl (C=O) groups excluding carboxylic acids is 2. The summed E-state index contributed by atoms with van der Waals surface area (Å²) in [5.74, 6) is -0.849. The lowest BCUT2D eigenvalue weighted by atomic mass is 10.0. The highest BCUT2D eigenvalue weighted by Gasteiger charge is 2.22. The highest BCUT2D eigenvalue weighted by atomic mass is 31.2. The zero-order valence-electron chi connectivity index (χ0n) is 47.6. The molecule has 0 fully saturated rings. The third kappa shape index (κ3) is 58.1. The Balaban J connectivity index is 4.22. The summed E-state index contributed by atoms with van der Waals surface area (Å²) in [4.78, 5) is 37.9. The monoisotopic (exact) mass is 1040 g/mol. The maximum absolute atomic E-state index is 12.8. The van der Waals surface area contributed by atoms with E-state index in [2.05, 4.69) is 111 Å². The normalized spacial score (nSPS) is 14.0. The Labute approximate surface area is 449 Å². The second kappa shape index (κ2) is 53.7. The van der Waals surface area contributed by atoms with Crippen molar-refractivity contribution in [3.05, 3.63) is 97.2 Å². The molecule has 0 aromatic carbocycles. The minimum atomic E-state index is -4.64. The molecule has 0 spiro atoms. The highest BCUT2D eigenvalue weighted by Crippen LogP contribution is 2.38. The molecule has 2 unspecified atom stereocenters. The predicted molar refractivity (Wildman–Crippen MR) is 309 cm³/mol. The molecule has 0 saturated carbocycles. The van der Waals surface area contributed by atoms with Crippen molar-refractivity contribution in [1.29, 1.82) is 0 Å². The van der Waals surface area contributed by atoms with E-state index in [1.807, 2.05) is 21.1 Å². The van der Waals surface area contributed by atoms with Crippen molar-refractivity contribution < 1.29 is 42.1 Å². The average Bonchev–Trinajstić information content (AvgIpc) is 3.35. The van der Waals surface area contributed by atoms with E-state index >= 15 is 0 Å². The number of quaternary nitrogens is 1. The Morgan fingerprint density at radius 1 is 0.438 bits per heavy atom. The number of esters is 2. The zero-order valence-corrected chi connectivity index (χ0v) is 48.4.